The number of carbonyl (C=O) groups is 1. The van der Waals surface area contributed by atoms with E-state index in [2.05, 4.69) is 36.6 Å². The number of hydrogen-bond donors (Lipinski definition) is 2. The highest BCUT2D eigenvalue weighted by Crippen LogP contribution is 1.88. The average Bonchev–Trinajstić information content (AvgIpc) is 2.12. The Balaban J connectivity index is 3.33. The monoisotopic (exact) mass is 201 g/mol. The van der Waals surface area contributed by atoms with Gasteiger partial charge in [-0.15, -0.1) is 0 Å². The van der Waals surface area contributed by atoms with Gasteiger partial charge >= 0.3 is 0 Å². The molecule has 1 atom stereocenters. The Morgan fingerprint density at radius 2 is 2.07 bits per heavy atom. The lowest BCUT2D eigenvalue weighted by molar-refractivity contribution is -0.120. The molecule has 1 amide bonds. The molecule has 0 aromatic rings. The summed E-state index contributed by atoms with van der Waals surface area (Å²) in [6, 6.07) is 0.504. The van der Waals surface area contributed by atoms with E-state index >= 15 is 0 Å². The van der Waals surface area contributed by atoms with Gasteiger partial charge in [0.05, 0.1) is 0 Å². The lowest BCUT2D eigenvalue weighted by atomic mass is 10.3. The fourth-order valence-corrected chi connectivity index (χ4v) is 0.981. The molecule has 0 aromatic carbocycles. The molecular weight excluding hydrogens is 178 g/mol. The summed E-state index contributed by atoms with van der Waals surface area (Å²) in [6.07, 6.45) is 0.563. The van der Waals surface area contributed by atoms with Gasteiger partial charge in [0.15, 0.2) is 0 Å². The summed E-state index contributed by atoms with van der Waals surface area (Å²) in [5, 5.41) is 6.02. The molecule has 0 heterocycles. The van der Waals surface area contributed by atoms with E-state index in [0.717, 1.165) is 13.1 Å². The summed E-state index contributed by atoms with van der Waals surface area (Å²) < 4.78 is 0. The molecule has 0 saturated carbocycles. The molecule has 1 unspecified atom stereocenters. The zero-order chi connectivity index (χ0) is 11.0. The van der Waals surface area contributed by atoms with Crippen LogP contribution in [-0.4, -0.2) is 50.6 Å². The van der Waals surface area contributed by atoms with Crippen molar-refractivity contribution in [1.82, 2.24) is 15.5 Å². The van der Waals surface area contributed by atoms with Crippen molar-refractivity contribution in [3.63, 3.8) is 0 Å². The Hall–Kier alpha value is -0.610. The molecular formula is C10H23N3O. The zero-order valence-electron chi connectivity index (χ0n) is 9.76. The van der Waals surface area contributed by atoms with Gasteiger partial charge in [-0.05, 0) is 27.9 Å². The summed E-state index contributed by atoms with van der Waals surface area (Å²) in [7, 11) is 4.10. The van der Waals surface area contributed by atoms with E-state index in [1.165, 1.54) is 0 Å². The first-order valence-electron chi connectivity index (χ1n) is 5.21. The van der Waals surface area contributed by atoms with E-state index < -0.39 is 0 Å². The molecule has 0 rings (SSSR count). The molecule has 2 N–H and O–H groups in total. The van der Waals surface area contributed by atoms with Crippen LogP contribution < -0.4 is 10.6 Å². The Bertz CT molecular complexity index is 159. The zero-order valence-corrected chi connectivity index (χ0v) is 9.76. The fourth-order valence-electron chi connectivity index (χ4n) is 0.981. The maximum atomic E-state index is 11.1. The lowest BCUT2D eigenvalue weighted by Crippen LogP contribution is -2.37. The summed E-state index contributed by atoms with van der Waals surface area (Å²) >= 11 is 0. The van der Waals surface area contributed by atoms with Gasteiger partial charge in [0.25, 0.3) is 0 Å². The molecule has 0 fully saturated rings. The standard InChI is InChI=1S/C10H23N3O/c1-5-12-10(14)6-7-11-8-9(2)13(3)4/h9,11H,5-8H2,1-4H3,(H,12,14). The van der Waals surface area contributed by atoms with Crippen LogP contribution in [0.3, 0.4) is 0 Å². The van der Waals surface area contributed by atoms with Crippen LogP contribution in [0.1, 0.15) is 20.3 Å². The predicted molar refractivity (Wildman–Crippen MR) is 59.3 cm³/mol. The average molecular weight is 201 g/mol. The molecule has 0 bridgehead atoms. The molecule has 0 aliphatic rings. The molecule has 0 saturated heterocycles. The van der Waals surface area contributed by atoms with Gasteiger partial charge in [0.1, 0.15) is 0 Å². The highest BCUT2D eigenvalue weighted by Gasteiger charge is 2.03. The van der Waals surface area contributed by atoms with Crippen LogP contribution in [0.2, 0.25) is 0 Å². The van der Waals surface area contributed by atoms with Crippen LogP contribution in [0.25, 0.3) is 0 Å². The fraction of sp³-hybridized carbons (Fsp3) is 0.900. The van der Waals surface area contributed by atoms with Crippen molar-refractivity contribution >= 4 is 5.91 Å². The van der Waals surface area contributed by atoms with E-state index in [-0.39, 0.29) is 5.91 Å². The first kappa shape index (κ1) is 13.4. The maximum absolute atomic E-state index is 11.1. The minimum Gasteiger partial charge on any atom is -0.356 e. The van der Waals surface area contributed by atoms with Gasteiger partial charge in [-0.2, -0.15) is 0 Å². The molecule has 4 nitrogen and oxygen atoms in total. The van der Waals surface area contributed by atoms with Crippen molar-refractivity contribution in [3.8, 4) is 0 Å². The number of hydrogen-bond acceptors (Lipinski definition) is 3. The van der Waals surface area contributed by atoms with Gasteiger partial charge in [-0.25, -0.2) is 0 Å². The predicted octanol–water partition coefficient (Wildman–Crippen LogP) is 0.0523. The quantitative estimate of drug-likeness (QED) is 0.572. The van der Waals surface area contributed by atoms with Crippen LogP contribution >= 0.6 is 0 Å². The normalized spacial score (nSPS) is 12.9. The van der Waals surface area contributed by atoms with Crippen LogP contribution in [0.4, 0.5) is 0 Å². The summed E-state index contributed by atoms with van der Waals surface area (Å²) in [5.41, 5.74) is 0. The molecule has 0 aliphatic heterocycles. The summed E-state index contributed by atoms with van der Waals surface area (Å²) in [5.74, 6) is 0.123. The summed E-state index contributed by atoms with van der Waals surface area (Å²) in [4.78, 5) is 13.2. The molecule has 0 radical (unpaired) electrons. The van der Waals surface area contributed by atoms with E-state index in [0.29, 0.717) is 19.0 Å². The van der Waals surface area contributed by atoms with Gasteiger partial charge < -0.3 is 15.5 Å². The van der Waals surface area contributed by atoms with Gasteiger partial charge in [0, 0.05) is 32.1 Å². The van der Waals surface area contributed by atoms with Crippen molar-refractivity contribution < 1.29 is 4.79 Å². The van der Waals surface area contributed by atoms with Crippen LogP contribution in [0.5, 0.6) is 0 Å². The number of nitrogens with one attached hydrogen (secondary N) is 2. The Morgan fingerprint density at radius 1 is 1.43 bits per heavy atom. The molecule has 14 heavy (non-hydrogen) atoms. The molecule has 84 valence electrons. The van der Waals surface area contributed by atoms with Crippen molar-refractivity contribution in [2.24, 2.45) is 0 Å². The number of rotatable bonds is 7. The third kappa shape index (κ3) is 6.86. The topological polar surface area (TPSA) is 44.4 Å². The molecule has 0 spiro atoms. The van der Waals surface area contributed by atoms with Crippen molar-refractivity contribution in [2.45, 2.75) is 26.3 Å². The second-order valence-electron chi connectivity index (χ2n) is 3.72. The Labute approximate surface area is 87.0 Å². The Kier molecular flexibility index (Phi) is 7.42. The second-order valence-corrected chi connectivity index (χ2v) is 3.72. The van der Waals surface area contributed by atoms with Crippen LogP contribution in [0, 0.1) is 0 Å². The smallest absolute Gasteiger partial charge is 0.221 e. The van der Waals surface area contributed by atoms with Crippen LogP contribution in [0.15, 0.2) is 0 Å². The number of nitrogens with zero attached hydrogens (tertiary/aromatic N) is 1. The maximum Gasteiger partial charge on any atom is 0.221 e. The van der Waals surface area contributed by atoms with E-state index in [1.54, 1.807) is 0 Å². The highest BCUT2D eigenvalue weighted by molar-refractivity contribution is 5.75. The molecule has 0 aliphatic carbocycles. The first-order valence-corrected chi connectivity index (χ1v) is 5.21. The van der Waals surface area contributed by atoms with Crippen LogP contribution in [-0.2, 0) is 4.79 Å². The number of carbonyl (C=O) groups excluding carboxylic acids is 1. The minimum absolute atomic E-state index is 0.123. The van der Waals surface area contributed by atoms with E-state index in [4.69, 9.17) is 0 Å². The third-order valence-electron chi connectivity index (χ3n) is 2.22. The highest BCUT2D eigenvalue weighted by atomic mass is 16.1. The van der Waals surface area contributed by atoms with Gasteiger partial charge in [-0.3, -0.25) is 4.79 Å². The van der Waals surface area contributed by atoms with Gasteiger partial charge in [-0.1, -0.05) is 0 Å². The Morgan fingerprint density at radius 3 is 2.57 bits per heavy atom. The number of likely N-dealkylation sites (N-methyl/N-ethyl adjacent to an activating group) is 1. The SMILES string of the molecule is CCNC(=O)CCNCC(C)N(C)C. The van der Waals surface area contributed by atoms with Crippen molar-refractivity contribution in [3.05, 3.63) is 0 Å². The van der Waals surface area contributed by atoms with Crippen molar-refractivity contribution in [1.29, 1.82) is 0 Å². The largest absolute Gasteiger partial charge is 0.356 e. The van der Waals surface area contributed by atoms with Crippen molar-refractivity contribution in [2.75, 3.05) is 33.7 Å². The summed E-state index contributed by atoms with van der Waals surface area (Å²) in [6.45, 7) is 6.47. The molecule has 4 heteroatoms. The first-order chi connectivity index (χ1) is 6.57. The van der Waals surface area contributed by atoms with E-state index in [9.17, 15) is 4.79 Å². The number of amides is 1. The molecule has 0 aromatic heterocycles. The minimum atomic E-state index is 0.123. The lowest BCUT2D eigenvalue weighted by Gasteiger charge is -2.19. The second kappa shape index (κ2) is 7.76. The van der Waals surface area contributed by atoms with Gasteiger partial charge in [0.2, 0.25) is 5.91 Å². The van der Waals surface area contributed by atoms with E-state index in [1.807, 2.05) is 6.92 Å². The third-order valence-corrected chi connectivity index (χ3v) is 2.22.